The standard InChI is InChI=1S/C18H20F2N6O3/c1-24-8-12(16(19)20)26(18(24)28)15-9-25-4-5-29-13-6-10(22-7-14(21)27)2-3-11(13)17(25)23-15/h2-3,6,9,12,16,22H,4-5,7-8H2,1H3,(H2,21,27). The Morgan fingerprint density at radius 1 is 1.45 bits per heavy atom. The number of likely N-dealkylation sites (N-methyl/N-ethyl adjacent to an activating group) is 1. The number of imidazole rings is 1. The summed E-state index contributed by atoms with van der Waals surface area (Å²) in [5, 5.41) is 2.89. The van der Waals surface area contributed by atoms with Crippen molar-refractivity contribution >= 4 is 23.4 Å². The van der Waals surface area contributed by atoms with E-state index in [2.05, 4.69) is 10.3 Å². The Bertz CT molecular complexity index is 963. The summed E-state index contributed by atoms with van der Waals surface area (Å²) in [6.45, 7) is 0.698. The van der Waals surface area contributed by atoms with Crippen LogP contribution in [-0.2, 0) is 11.3 Å². The quantitative estimate of drug-likeness (QED) is 0.780. The smallest absolute Gasteiger partial charge is 0.326 e. The van der Waals surface area contributed by atoms with Gasteiger partial charge in [-0.3, -0.25) is 9.69 Å². The number of nitrogens with zero attached hydrogens (tertiary/aromatic N) is 4. The Hall–Kier alpha value is -3.37. The van der Waals surface area contributed by atoms with Crippen molar-refractivity contribution < 1.29 is 23.1 Å². The lowest BCUT2D eigenvalue weighted by molar-refractivity contribution is -0.116. The van der Waals surface area contributed by atoms with E-state index < -0.39 is 24.4 Å². The molecule has 2 aliphatic heterocycles. The number of fused-ring (bicyclic) bond motifs is 3. The van der Waals surface area contributed by atoms with E-state index in [9.17, 15) is 18.4 Å². The Morgan fingerprint density at radius 2 is 2.24 bits per heavy atom. The van der Waals surface area contributed by atoms with E-state index >= 15 is 0 Å². The summed E-state index contributed by atoms with van der Waals surface area (Å²) in [6.07, 6.45) is -1.08. The maximum Gasteiger partial charge on any atom is 0.326 e. The van der Waals surface area contributed by atoms with Gasteiger partial charge in [0, 0.05) is 31.5 Å². The maximum atomic E-state index is 13.5. The van der Waals surface area contributed by atoms with Crippen LogP contribution >= 0.6 is 0 Å². The van der Waals surface area contributed by atoms with Crippen molar-refractivity contribution in [2.75, 3.05) is 37.0 Å². The first kappa shape index (κ1) is 19.0. The average Bonchev–Trinajstić information content (AvgIpc) is 3.16. The lowest BCUT2D eigenvalue weighted by Gasteiger charge is -2.19. The third kappa shape index (κ3) is 3.43. The number of halogens is 2. The number of amides is 3. The van der Waals surface area contributed by atoms with Crippen molar-refractivity contribution in [1.29, 1.82) is 0 Å². The van der Waals surface area contributed by atoms with Gasteiger partial charge in [0.2, 0.25) is 5.91 Å². The molecule has 11 heteroatoms. The summed E-state index contributed by atoms with van der Waals surface area (Å²) in [6, 6.07) is 3.47. The number of hydrogen-bond acceptors (Lipinski definition) is 5. The van der Waals surface area contributed by atoms with Gasteiger partial charge in [0.1, 0.15) is 24.2 Å². The fourth-order valence-corrected chi connectivity index (χ4v) is 3.51. The van der Waals surface area contributed by atoms with Gasteiger partial charge in [0.25, 0.3) is 6.43 Å². The van der Waals surface area contributed by atoms with Crippen molar-refractivity contribution in [3.8, 4) is 17.1 Å². The Balaban J connectivity index is 1.69. The second-order valence-corrected chi connectivity index (χ2v) is 6.93. The molecule has 0 bridgehead atoms. The maximum absolute atomic E-state index is 13.5. The highest BCUT2D eigenvalue weighted by Crippen LogP contribution is 2.36. The number of benzene rings is 1. The number of aromatic nitrogens is 2. The molecule has 9 nitrogen and oxygen atoms in total. The third-order valence-electron chi connectivity index (χ3n) is 4.91. The van der Waals surface area contributed by atoms with E-state index in [4.69, 9.17) is 10.5 Å². The van der Waals surface area contributed by atoms with Crippen LogP contribution < -0.4 is 20.7 Å². The molecular weight excluding hydrogens is 386 g/mol. The highest BCUT2D eigenvalue weighted by Gasteiger charge is 2.43. The molecule has 2 aromatic rings. The molecule has 29 heavy (non-hydrogen) atoms. The summed E-state index contributed by atoms with van der Waals surface area (Å²) in [5.41, 5.74) is 6.46. The van der Waals surface area contributed by atoms with Crippen molar-refractivity contribution in [3.05, 3.63) is 24.4 Å². The van der Waals surface area contributed by atoms with Gasteiger partial charge in [-0.2, -0.15) is 0 Å². The minimum atomic E-state index is -2.68. The molecule has 1 unspecified atom stereocenters. The lowest BCUT2D eigenvalue weighted by atomic mass is 10.1. The number of hydrogen-bond donors (Lipinski definition) is 2. The van der Waals surface area contributed by atoms with Crippen LogP contribution in [0, 0.1) is 0 Å². The zero-order chi connectivity index (χ0) is 20.7. The zero-order valence-corrected chi connectivity index (χ0v) is 15.6. The molecule has 1 saturated heterocycles. The van der Waals surface area contributed by atoms with E-state index in [1.165, 1.54) is 11.9 Å². The van der Waals surface area contributed by atoms with Crippen LogP contribution in [0.15, 0.2) is 24.4 Å². The molecular formula is C18H20F2N6O3. The molecule has 0 spiro atoms. The number of carbonyl (C=O) groups is 2. The topological polar surface area (TPSA) is 106 Å². The van der Waals surface area contributed by atoms with E-state index in [1.807, 2.05) is 0 Å². The molecule has 1 fully saturated rings. The molecule has 154 valence electrons. The molecule has 3 N–H and O–H groups in total. The van der Waals surface area contributed by atoms with Gasteiger partial charge in [-0.25, -0.2) is 18.6 Å². The summed E-state index contributed by atoms with van der Waals surface area (Å²) in [4.78, 5) is 30.2. The SMILES string of the molecule is CN1CC(C(F)F)N(c2cn3c(n2)-c2ccc(NCC(N)=O)cc2OCC3)C1=O. The summed E-state index contributed by atoms with van der Waals surface area (Å²) < 4.78 is 34.5. The van der Waals surface area contributed by atoms with Gasteiger partial charge in [-0.1, -0.05) is 0 Å². The summed E-state index contributed by atoms with van der Waals surface area (Å²) >= 11 is 0. The van der Waals surface area contributed by atoms with Crippen molar-refractivity contribution in [2.45, 2.75) is 19.0 Å². The van der Waals surface area contributed by atoms with Gasteiger partial charge in [0.15, 0.2) is 5.82 Å². The van der Waals surface area contributed by atoms with Gasteiger partial charge in [-0.15, -0.1) is 0 Å². The number of nitrogens with two attached hydrogens (primary N) is 1. The molecule has 0 aliphatic carbocycles. The normalized spacial score (nSPS) is 18.3. The second kappa shape index (κ2) is 7.22. The van der Waals surface area contributed by atoms with Crippen molar-refractivity contribution in [2.24, 2.45) is 5.73 Å². The molecule has 4 rings (SSSR count). The van der Waals surface area contributed by atoms with Crippen LogP contribution in [0.25, 0.3) is 11.4 Å². The molecule has 0 saturated carbocycles. The summed E-state index contributed by atoms with van der Waals surface area (Å²) in [5.74, 6) is 0.744. The lowest BCUT2D eigenvalue weighted by Crippen LogP contribution is -2.39. The Labute approximate surface area is 165 Å². The van der Waals surface area contributed by atoms with Crippen LogP contribution in [0.4, 0.5) is 25.1 Å². The monoisotopic (exact) mass is 406 g/mol. The van der Waals surface area contributed by atoms with E-state index in [1.54, 1.807) is 29.0 Å². The second-order valence-electron chi connectivity index (χ2n) is 6.93. The van der Waals surface area contributed by atoms with E-state index in [0.717, 1.165) is 4.90 Å². The number of carbonyl (C=O) groups excluding carboxylic acids is 2. The van der Waals surface area contributed by atoms with Gasteiger partial charge < -0.3 is 25.3 Å². The number of rotatable bonds is 5. The molecule has 3 amide bonds. The first-order valence-corrected chi connectivity index (χ1v) is 9.04. The molecule has 1 aromatic heterocycles. The largest absolute Gasteiger partial charge is 0.491 e. The molecule has 1 aromatic carbocycles. The number of urea groups is 1. The fourth-order valence-electron chi connectivity index (χ4n) is 3.51. The average molecular weight is 406 g/mol. The molecule has 0 radical (unpaired) electrons. The zero-order valence-electron chi connectivity index (χ0n) is 15.6. The summed E-state index contributed by atoms with van der Waals surface area (Å²) in [7, 11) is 1.49. The molecule has 2 aliphatic rings. The van der Waals surface area contributed by atoms with E-state index in [0.29, 0.717) is 36.0 Å². The first-order chi connectivity index (χ1) is 13.8. The van der Waals surface area contributed by atoms with E-state index in [-0.39, 0.29) is 18.9 Å². The highest BCUT2D eigenvalue weighted by atomic mass is 19.3. The molecule has 3 heterocycles. The number of primary amides is 1. The first-order valence-electron chi connectivity index (χ1n) is 9.04. The number of nitrogens with one attached hydrogen (secondary N) is 1. The number of alkyl halides is 2. The number of ether oxygens (including phenoxy) is 1. The van der Waals surface area contributed by atoms with Crippen LogP contribution in [-0.4, -0.2) is 65.6 Å². The van der Waals surface area contributed by atoms with Crippen molar-refractivity contribution in [3.63, 3.8) is 0 Å². The minimum Gasteiger partial charge on any atom is -0.491 e. The van der Waals surface area contributed by atoms with Crippen molar-refractivity contribution in [1.82, 2.24) is 14.5 Å². The van der Waals surface area contributed by atoms with Gasteiger partial charge >= 0.3 is 6.03 Å². The Morgan fingerprint density at radius 3 is 2.97 bits per heavy atom. The predicted molar refractivity (Wildman–Crippen MR) is 101 cm³/mol. The van der Waals surface area contributed by atoms with Crippen LogP contribution in [0.5, 0.6) is 5.75 Å². The predicted octanol–water partition coefficient (Wildman–Crippen LogP) is 1.35. The van der Waals surface area contributed by atoms with Crippen LogP contribution in [0.2, 0.25) is 0 Å². The highest BCUT2D eigenvalue weighted by molar-refractivity contribution is 5.94. The number of anilines is 2. The third-order valence-corrected chi connectivity index (χ3v) is 4.91. The Kier molecular flexibility index (Phi) is 4.73. The minimum absolute atomic E-state index is 0.0167. The van der Waals surface area contributed by atoms with Gasteiger partial charge in [0.05, 0.1) is 18.7 Å². The van der Waals surface area contributed by atoms with Gasteiger partial charge in [-0.05, 0) is 12.1 Å². The van der Waals surface area contributed by atoms with Crippen LogP contribution in [0.1, 0.15) is 0 Å². The molecule has 1 atom stereocenters. The fraction of sp³-hybridized carbons (Fsp3) is 0.389. The van der Waals surface area contributed by atoms with Crippen LogP contribution in [0.3, 0.4) is 0 Å².